The number of benzene rings is 3. The smallest absolute Gasteiger partial charge is 0.336 e. The zero-order valence-electron chi connectivity index (χ0n) is 19.2. The van der Waals surface area contributed by atoms with Crippen LogP contribution in [-0.2, 0) is 43.6 Å². The van der Waals surface area contributed by atoms with Gasteiger partial charge in [-0.25, -0.2) is 4.79 Å². The third-order valence-corrected chi connectivity index (χ3v) is 5.65. The van der Waals surface area contributed by atoms with Gasteiger partial charge in [-0.3, -0.25) is 0 Å². The molecule has 0 N–H and O–H groups in total. The molecule has 4 rings (SSSR count). The quantitative estimate of drug-likeness (QED) is 0.169. The molecular formula is C27H27N3O5. The van der Waals surface area contributed by atoms with Crippen molar-refractivity contribution in [2.45, 2.75) is 44.2 Å². The highest BCUT2D eigenvalue weighted by molar-refractivity contribution is 5.77. The van der Waals surface area contributed by atoms with Gasteiger partial charge >= 0.3 is 5.97 Å². The Kier molecular flexibility index (Phi) is 8.86. The fraction of sp³-hybridized carbons (Fsp3) is 0.296. The van der Waals surface area contributed by atoms with Crippen LogP contribution in [0.4, 0.5) is 0 Å². The van der Waals surface area contributed by atoms with Gasteiger partial charge in [-0.05, 0) is 22.2 Å². The normalized spacial score (nSPS) is 21.7. The number of ether oxygens (including phenoxy) is 4. The van der Waals surface area contributed by atoms with E-state index < -0.39 is 30.3 Å². The van der Waals surface area contributed by atoms with E-state index in [2.05, 4.69) is 10.0 Å². The van der Waals surface area contributed by atoms with Gasteiger partial charge < -0.3 is 18.9 Å². The van der Waals surface area contributed by atoms with E-state index >= 15 is 0 Å². The van der Waals surface area contributed by atoms with Gasteiger partial charge in [0.15, 0.2) is 12.2 Å². The summed E-state index contributed by atoms with van der Waals surface area (Å²) in [6.45, 7) is 0.850. The van der Waals surface area contributed by atoms with E-state index in [4.69, 9.17) is 18.9 Å². The summed E-state index contributed by atoms with van der Waals surface area (Å²) in [7, 11) is 0. The van der Waals surface area contributed by atoms with Crippen LogP contribution in [0.5, 0.6) is 0 Å². The van der Waals surface area contributed by atoms with Crippen molar-refractivity contribution in [3.8, 4) is 0 Å². The van der Waals surface area contributed by atoms with Crippen LogP contribution in [0.15, 0.2) is 96.1 Å². The molecule has 4 atom stereocenters. The van der Waals surface area contributed by atoms with Gasteiger partial charge in [0.25, 0.3) is 0 Å². The van der Waals surface area contributed by atoms with E-state index in [0.29, 0.717) is 6.61 Å². The summed E-state index contributed by atoms with van der Waals surface area (Å²) in [5, 5.41) is 3.91. The molecule has 0 unspecified atom stereocenters. The molecule has 0 radical (unpaired) electrons. The van der Waals surface area contributed by atoms with Gasteiger partial charge in [0.1, 0.15) is 12.1 Å². The van der Waals surface area contributed by atoms with E-state index in [0.717, 1.165) is 16.7 Å². The SMILES string of the molecule is [N-]=[N+]=N[C@@H]1[C@H](OCc2ccccc2)[C@@H](COCc2ccccc2)OC(=O)[C@H]1OCc1ccccc1. The zero-order chi connectivity index (χ0) is 24.3. The van der Waals surface area contributed by atoms with Gasteiger partial charge in [-0.15, -0.1) is 0 Å². The highest BCUT2D eigenvalue weighted by Crippen LogP contribution is 2.27. The Labute approximate surface area is 204 Å². The molecule has 1 fully saturated rings. The molecule has 0 spiro atoms. The number of cyclic esters (lactones) is 1. The third kappa shape index (κ3) is 6.91. The van der Waals surface area contributed by atoms with Crippen LogP contribution in [0.1, 0.15) is 16.7 Å². The van der Waals surface area contributed by atoms with Gasteiger partial charge in [0.05, 0.1) is 26.4 Å². The lowest BCUT2D eigenvalue weighted by atomic mass is 9.97. The maximum Gasteiger partial charge on any atom is 0.336 e. The summed E-state index contributed by atoms with van der Waals surface area (Å²) in [5.74, 6) is -0.605. The van der Waals surface area contributed by atoms with Crippen molar-refractivity contribution in [2.75, 3.05) is 6.61 Å². The Balaban J connectivity index is 1.50. The van der Waals surface area contributed by atoms with Crippen molar-refractivity contribution in [2.24, 2.45) is 5.11 Å². The van der Waals surface area contributed by atoms with Gasteiger partial charge in [-0.2, -0.15) is 0 Å². The molecule has 3 aromatic rings. The average Bonchev–Trinajstić information content (AvgIpc) is 2.90. The number of hydrogen-bond acceptors (Lipinski definition) is 6. The maximum absolute atomic E-state index is 12.9. The van der Waals surface area contributed by atoms with Crippen LogP contribution in [0.25, 0.3) is 10.4 Å². The van der Waals surface area contributed by atoms with Gasteiger partial charge in [-0.1, -0.05) is 96.1 Å². The van der Waals surface area contributed by atoms with E-state index in [-0.39, 0.29) is 19.8 Å². The summed E-state index contributed by atoms with van der Waals surface area (Å²) < 4.78 is 23.6. The number of azide groups is 1. The van der Waals surface area contributed by atoms with Crippen molar-refractivity contribution in [3.05, 3.63) is 118 Å². The molecular weight excluding hydrogens is 446 g/mol. The number of nitrogens with zero attached hydrogens (tertiary/aromatic N) is 3. The van der Waals surface area contributed by atoms with Crippen LogP contribution in [-0.4, -0.2) is 36.9 Å². The Morgan fingerprint density at radius 3 is 1.83 bits per heavy atom. The predicted octanol–water partition coefficient (Wildman–Crippen LogP) is 4.98. The second-order valence-electron chi connectivity index (χ2n) is 8.15. The van der Waals surface area contributed by atoms with Gasteiger partial charge in [0, 0.05) is 4.91 Å². The standard InChI is InChI=1S/C27H27N3O5/c28-30-29-24-25(33-17-21-12-6-2-7-13-21)23(19-32-16-20-10-4-1-5-11-20)35-27(31)26(24)34-18-22-14-8-3-9-15-22/h1-15,23-26H,16-19H2/t23-,24-,25-,26+/m1/s1. The van der Waals surface area contributed by atoms with Crippen LogP contribution in [0, 0.1) is 0 Å². The highest BCUT2D eigenvalue weighted by atomic mass is 16.6. The monoisotopic (exact) mass is 473 g/mol. The predicted molar refractivity (Wildman–Crippen MR) is 129 cm³/mol. The molecule has 8 heteroatoms. The van der Waals surface area contributed by atoms with Crippen LogP contribution >= 0.6 is 0 Å². The molecule has 0 saturated carbocycles. The molecule has 0 aromatic heterocycles. The molecule has 1 aliphatic rings. The van der Waals surface area contributed by atoms with E-state index in [1.54, 1.807) is 0 Å². The van der Waals surface area contributed by atoms with Crippen molar-refractivity contribution in [3.63, 3.8) is 0 Å². The van der Waals surface area contributed by atoms with E-state index in [1.165, 1.54) is 0 Å². The minimum absolute atomic E-state index is 0.0863. The highest BCUT2D eigenvalue weighted by Gasteiger charge is 2.47. The fourth-order valence-corrected chi connectivity index (χ4v) is 3.90. The second-order valence-corrected chi connectivity index (χ2v) is 8.15. The lowest BCUT2D eigenvalue weighted by Gasteiger charge is -2.39. The fourth-order valence-electron chi connectivity index (χ4n) is 3.90. The average molecular weight is 474 g/mol. The summed E-state index contributed by atoms with van der Waals surface area (Å²) in [4.78, 5) is 15.9. The first kappa shape index (κ1) is 24.4. The summed E-state index contributed by atoms with van der Waals surface area (Å²) in [5.41, 5.74) is 12.1. The Morgan fingerprint density at radius 1 is 0.771 bits per heavy atom. The minimum atomic E-state index is -1.10. The van der Waals surface area contributed by atoms with Crippen LogP contribution < -0.4 is 0 Å². The molecule has 1 saturated heterocycles. The van der Waals surface area contributed by atoms with Crippen LogP contribution in [0.2, 0.25) is 0 Å². The molecule has 8 nitrogen and oxygen atoms in total. The number of carbonyl (C=O) groups is 1. The third-order valence-electron chi connectivity index (χ3n) is 5.65. The number of rotatable bonds is 11. The summed E-state index contributed by atoms with van der Waals surface area (Å²) in [6.07, 6.45) is -2.61. The summed E-state index contributed by atoms with van der Waals surface area (Å²) >= 11 is 0. The Morgan fingerprint density at radius 2 is 1.29 bits per heavy atom. The summed E-state index contributed by atoms with van der Waals surface area (Å²) in [6, 6.07) is 27.8. The lowest BCUT2D eigenvalue weighted by Crippen LogP contribution is -2.57. The first-order chi connectivity index (χ1) is 17.2. The molecule has 35 heavy (non-hydrogen) atoms. The Hall–Kier alpha value is -3.68. The topological polar surface area (TPSA) is 103 Å². The Bertz CT molecular complexity index is 1110. The molecule has 180 valence electrons. The van der Waals surface area contributed by atoms with E-state index in [1.807, 2.05) is 91.0 Å². The number of esters is 1. The van der Waals surface area contributed by atoms with Crippen molar-refractivity contribution >= 4 is 5.97 Å². The second kappa shape index (κ2) is 12.7. The maximum atomic E-state index is 12.9. The lowest BCUT2D eigenvalue weighted by molar-refractivity contribution is -0.203. The molecule has 0 aliphatic carbocycles. The first-order valence-electron chi connectivity index (χ1n) is 11.4. The van der Waals surface area contributed by atoms with Gasteiger partial charge in [0.2, 0.25) is 0 Å². The van der Waals surface area contributed by atoms with Crippen molar-refractivity contribution in [1.29, 1.82) is 0 Å². The molecule has 0 bridgehead atoms. The van der Waals surface area contributed by atoms with Crippen molar-refractivity contribution < 1.29 is 23.7 Å². The number of carbonyl (C=O) groups excluding carboxylic acids is 1. The number of hydrogen-bond donors (Lipinski definition) is 0. The van der Waals surface area contributed by atoms with Crippen molar-refractivity contribution in [1.82, 2.24) is 0 Å². The zero-order valence-corrected chi connectivity index (χ0v) is 19.2. The minimum Gasteiger partial charge on any atom is -0.455 e. The largest absolute Gasteiger partial charge is 0.455 e. The molecule has 3 aromatic carbocycles. The molecule has 0 amide bonds. The first-order valence-corrected chi connectivity index (χ1v) is 11.4. The van der Waals surface area contributed by atoms with E-state index in [9.17, 15) is 10.3 Å². The molecule has 1 heterocycles. The van der Waals surface area contributed by atoms with Crippen LogP contribution in [0.3, 0.4) is 0 Å². The molecule has 1 aliphatic heterocycles.